The maximum absolute atomic E-state index is 12.3. The van der Waals surface area contributed by atoms with Crippen LogP contribution in [0.4, 0.5) is 17.4 Å². The minimum Gasteiger partial charge on any atom is -0.431 e. The fourth-order valence-corrected chi connectivity index (χ4v) is 5.12. The number of nitrogen functional groups attached to an aromatic ring is 1. The molecule has 2 fully saturated rings. The summed E-state index contributed by atoms with van der Waals surface area (Å²) in [5.41, 5.74) is 7.14. The zero-order chi connectivity index (χ0) is 21.1. The van der Waals surface area contributed by atoms with Gasteiger partial charge in [-0.2, -0.15) is 4.98 Å². The van der Waals surface area contributed by atoms with E-state index in [9.17, 15) is 4.79 Å². The highest BCUT2D eigenvalue weighted by atomic mass is 35.5. The van der Waals surface area contributed by atoms with Crippen LogP contribution in [0.5, 0.6) is 0 Å². The number of amides is 1. The van der Waals surface area contributed by atoms with Crippen LogP contribution in [0.1, 0.15) is 23.3 Å². The highest BCUT2D eigenvalue weighted by molar-refractivity contribution is 7.97. The van der Waals surface area contributed by atoms with Crippen molar-refractivity contribution in [3.05, 3.63) is 35.2 Å². The summed E-state index contributed by atoms with van der Waals surface area (Å²) >= 11 is 8.33. The van der Waals surface area contributed by atoms with Crippen molar-refractivity contribution in [2.75, 3.05) is 62.3 Å². The lowest BCUT2D eigenvalue weighted by molar-refractivity contribution is 0.102. The zero-order valence-electron chi connectivity index (χ0n) is 17.0. The highest BCUT2D eigenvalue weighted by Crippen LogP contribution is 2.31. The normalized spacial score (nSPS) is 19.2. The van der Waals surface area contributed by atoms with E-state index in [1.807, 2.05) is 30.1 Å². The number of anilines is 3. The number of piperazine rings is 1. The molecule has 0 spiro atoms. The number of aromatic nitrogens is 1. The molecule has 0 radical (unpaired) electrons. The van der Waals surface area contributed by atoms with Crippen LogP contribution in [-0.2, 0) is 0 Å². The SMILES string of the molecule is CN1CCC(SN2CCN(c3ccc(Cl)c(NC(=O)c4coc(N)n4)c3)CC2)CC1. The topological polar surface area (TPSA) is 90.9 Å². The van der Waals surface area contributed by atoms with E-state index in [0.717, 1.165) is 37.1 Å². The van der Waals surface area contributed by atoms with Crippen LogP contribution >= 0.6 is 23.5 Å². The molecule has 1 aromatic heterocycles. The van der Waals surface area contributed by atoms with Crippen molar-refractivity contribution in [1.82, 2.24) is 14.2 Å². The smallest absolute Gasteiger partial charge is 0.292 e. The monoisotopic (exact) mass is 450 g/mol. The number of halogens is 1. The summed E-state index contributed by atoms with van der Waals surface area (Å²) in [4.78, 5) is 20.9. The van der Waals surface area contributed by atoms with Crippen LogP contribution in [-0.4, -0.2) is 71.7 Å². The molecule has 1 amide bonds. The molecule has 10 heteroatoms. The molecule has 1 aromatic carbocycles. The van der Waals surface area contributed by atoms with Gasteiger partial charge in [-0.25, -0.2) is 4.31 Å². The van der Waals surface area contributed by atoms with Gasteiger partial charge in [-0.3, -0.25) is 4.79 Å². The second kappa shape index (κ2) is 9.47. The molecular weight excluding hydrogens is 424 g/mol. The Kier molecular flexibility index (Phi) is 6.72. The van der Waals surface area contributed by atoms with Gasteiger partial charge in [0.15, 0.2) is 5.69 Å². The lowest BCUT2D eigenvalue weighted by Gasteiger charge is -2.38. The molecule has 0 aliphatic carbocycles. The number of nitrogens with zero attached hydrogens (tertiary/aromatic N) is 4. The first-order chi connectivity index (χ1) is 14.5. The molecule has 0 saturated carbocycles. The van der Waals surface area contributed by atoms with Crippen LogP contribution in [0, 0.1) is 0 Å². The number of hydrogen-bond donors (Lipinski definition) is 2. The van der Waals surface area contributed by atoms with Gasteiger partial charge in [-0.15, -0.1) is 0 Å². The summed E-state index contributed by atoms with van der Waals surface area (Å²) in [5.74, 6) is -0.408. The Labute approximate surface area is 185 Å². The fourth-order valence-electron chi connectivity index (χ4n) is 3.74. The molecule has 0 unspecified atom stereocenters. The summed E-state index contributed by atoms with van der Waals surface area (Å²) in [6.45, 7) is 6.29. The second-order valence-electron chi connectivity index (χ2n) is 7.71. The lowest BCUT2D eigenvalue weighted by atomic mass is 10.1. The number of likely N-dealkylation sites (tertiary alicyclic amines) is 1. The number of oxazole rings is 1. The van der Waals surface area contributed by atoms with Gasteiger partial charge in [0.05, 0.1) is 10.7 Å². The Morgan fingerprint density at radius 1 is 1.23 bits per heavy atom. The second-order valence-corrected chi connectivity index (χ2v) is 9.51. The van der Waals surface area contributed by atoms with Crippen LogP contribution < -0.4 is 16.0 Å². The van der Waals surface area contributed by atoms with E-state index in [1.54, 1.807) is 0 Å². The van der Waals surface area contributed by atoms with E-state index in [4.69, 9.17) is 21.8 Å². The first-order valence-corrected chi connectivity index (χ1v) is 11.4. The number of nitrogens with one attached hydrogen (secondary N) is 1. The third-order valence-corrected chi connectivity index (χ3v) is 7.28. The third-order valence-electron chi connectivity index (χ3n) is 5.52. The molecular formula is C20H27ClN6O2S. The molecule has 3 N–H and O–H groups in total. The molecule has 0 bridgehead atoms. The Balaban J connectivity index is 1.33. The van der Waals surface area contributed by atoms with Gasteiger partial charge in [0.1, 0.15) is 6.26 Å². The number of hydrogen-bond acceptors (Lipinski definition) is 8. The third kappa shape index (κ3) is 5.21. The summed E-state index contributed by atoms with van der Waals surface area (Å²) < 4.78 is 7.40. The summed E-state index contributed by atoms with van der Waals surface area (Å²) in [5, 5.41) is 4.00. The summed E-state index contributed by atoms with van der Waals surface area (Å²) in [6, 6.07) is 5.66. The predicted octanol–water partition coefficient (Wildman–Crippen LogP) is 3.03. The number of carbonyl (C=O) groups excluding carboxylic acids is 1. The van der Waals surface area contributed by atoms with E-state index in [1.165, 1.54) is 32.2 Å². The minimum atomic E-state index is -0.408. The average molecular weight is 451 g/mol. The molecule has 8 nitrogen and oxygen atoms in total. The zero-order valence-corrected chi connectivity index (χ0v) is 18.6. The Morgan fingerprint density at radius 3 is 2.63 bits per heavy atom. The Hall–Kier alpha value is -1.94. The number of nitrogens with two attached hydrogens (primary N) is 1. The van der Waals surface area contributed by atoms with Gasteiger partial charge >= 0.3 is 0 Å². The van der Waals surface area contributed by atoms with Gasteiger partial charge in [-0.1, -0.05) is 23.5 Å². The van der Waals surface area contributed by atoms with Gasteiger partial charge in [-0.05, 0) is 51.2 Å². The molecule has 2 aromatic rings. The number of carbonyl (C=O) groups is 1. The lowest BCUT2D eigenvalue weighted by Crippen LogP contribution is -2.45. The average Bonchev–Trinajstić information content (AvgIpc) is 3.18. The quantitative estimate of drug-likeness (QED) is 0.672. The van der Waals surface area contributed by atoms with E-state index < -0.39 is 5.91 Å². The predicted molar refractivity (Wildman–Crippen MR) is 122 cm³/mol. The van der Waals surface area contributed by atoms with Crippen molar-refractivity contribution in [1.29, 1.82) is 0 Å². The van der Waals surface area contributed by atoms with Crippen molar-refractivity contribution in [2.45, 2.75) is 18.1 Å². The molecule has 4 rings (SSSR count). The number of piperidine rings is 1. The van der Waals surface area contributed by atoms with Crippen molar-refractivity contribution < 1.29 is 9.21 Å². The van der Waals surface area contributed by atoms with Crippen LogP contribution in [0.3, 0.4) is 0 Å². The van der Waals surface area contributed by atoms with Crippen molar-refractivity contribution in [3.63, 3.8) is 0 Å². The van der Waals surface area contributed by atoms with Gasteiger partial charge in [0.2, 0.25) is 0 Å². The molecule has 30 heavy (non-hydrogen) atoms. The van der Waals surface area contributed by atoms with E-state index >= 15 is 0 Å². The first-order valence-electron chi connectivity index (χ1n) is 10.1. The Bertz CT molecular complexity index is 878. The highest BCUT2D eigenvalue weighted by Gasteiger charge is 2.24. The Morgan fingerprint density at radius 2 is 1.97 bits per heavy atom. The van der Waals surface area contributed by atoms with Crippen molar-refractivity contribution in [3.8, 4) is 0 Å². The molecule has 2 aliphatic heterocycles. The molecule has 162 valence electrons. The van der Waals surface area contributed by atoms with Crippen molar-refractivity contribution >= 4 is 46.8 Å². The molecule has 2 aliphatic rings. The summed E-state index contributed by atoms with van der Waals surface area (Å²) in [7, 11) is 2.20. The van der Waals surface area contributed by atoms with Crippen molar-refractivity contribution in [2.24, 2.45) is 0 Å². The minimum absolute atomic E-state index is 0.0454. The van der Waals surface area contributed by atoms with Gasteiger partial charge in [0.25, 0.3) is 11.9 Å². The molecule has 2 saturated heterocycles. The number of rotatable bonds is 5. The molecule has 3 heterocycles. The largest absolute Gasteiger partial charge is 0.431 e. The van der Waals surface area contributed by atoms with Gasteiger partial charge < -0.3 is 25.3 Å². The maximum atomic E-state index is 12.3. The van der Waals surface area contributed by atoms with Gasteiger partial charge in [0, 0.05) is 37.1 Å². The fraction of sp³-hybridized carbons (Fsp3) is 0.500. The first kappa shape index (κ1) is 21.3. The van der Waals surface area contributed by atoms with Crippen LogP contribution in [0.15, 0.2) is 28.9 Å². The number of benzene rings is 1. The van der Waals surface area contributed by atoms with Crippen LogP contribution in [0.2, 0.25) is 5.02 Å². The van der Waals surface area contributed by atoms with E-state index in [0.29, 0.717) is 10.7 Å². The van der Waals surface area contributed by atoms with E-state index in [2.05, 4.69) is 31.5 Å². The summed E-state index contributed by atoms with van der Waals surface area (Å²) in [6.07, 6.45) is 3.75. The maximum Gasteiger partial charge on any atom is 0.292 e. The van der Waals surface area contributed by atoms with Crippen LogP contribution in [0.25, 0.3) is 0 Å². The molecule has 0 atom stereocenters. The standard InChI is InChI=1S/C20H27ClN6O2S/c1-25-6-4-15(5-7-25)30-27-10-8-26(9-11-27)14-2-3-16(21)17(12-14)23-19(28)18-13-29-20(22)24-18/h2-3,12-13,15H,4-11H2,1H3,(H2,22,24)(H,23,28). The van der Waals surface area contributed by atoms with E-state index in [-0.39, 0.29) is 11.7 Å².